The van der Waals surface area contributed by atoms with Gasteiger partial charge in [0.05, 0.1) is 11.8 Å². The zero-order valence-electron chi connectivity index (χ0n) is 16.6. The number of hydrogen-bond donors (Lipinski definition) is 2. The summed E-state index contributed by atoms with van der Waals surface area (Å²) >= 11 is 1.39. The highest BCUT2D eigenvalue weighted by atomic mass is 32.2. The highest BCUT2D eigenvalue weighted by Gasteiger charge is 2.31. The quantitative estimate of drug-likeness (QED) is 0.543. The minimum atomic E-state index is -0.499. The third-order valence-electron chi connectivity index (χ3n) is 4.96. The Morgan fingerprint density at radius 3 is 2.47 bits per heavy atom. The summed E-state index contributed by atoms with van der Waals surface area (Å²) in [6.07, 6.45) is 2.27. The molecule has 2 aromatic carbocycles. The van der Waals surface area contributed by atoms with Crippen LogP contribution in [0.2, 0.25) is 0 Å². The van der Waals surface area contributed by atoms with Gasteiger partial charge in [-0.05, 0) is 49.6 Å². The molecule has 154 valence electrons. The second-order valence-electron chi connectivity index (χ2n) is 7.38. The van der Waals surface area contributed by atoms with Crippen molar-refractivity contribution in [1.82, 2.24) is 14.8 Å². The number of anilines is 1. The number of benzene rings is 2. The molecule has 0 aliphatic heterocycles. The maximum atomic E-state index is 12.7. The number of aromatic nitrogens is 3. The van der Waals surface area contributed by atoms with Crippen LogP contribution in [0.15, 0.2) is 59.8 Å². The molecule has 8 heteroatoms. The lowest BCUT2D eigenvalue weighted by atomic mass is 10.2. The van der Waals surface area contributed by atoms with Gasteiger partial charge in [-0.2, -0.15) is 0 Å². The van der Waals surface area contributed by atoms with Crippen LogP contribution in [0.4, 0.5) is 5.69 Å². The van der Waals surface area contributed by atoms with Gasteiger partial charge in [-0.1, -0.05) is 42.1 Å². The fourth-order valence-corrected chi connectivity index (χ4v) is 3.97. The Kier molecular flexibility index (Phi) is 5.85. The van der Waals surface area contributed by atoms with Gasteiger partial charge in [0.2, 0.25) is 11.8 Å². The zero-order chi connectivity index (χ0) is 21.1. The van der Waals surface area contributed by atoms with E-state index in [9.17, 15) is 9.59 Å². The highest BCUT2D eigenvalue weighted by Crippen LogP contribution is 2.40. The van der Waals surface area contributed by atoms with E-state index >= 15 is 0 Å². The van der Waals surface area contributed by atoms with Gasteiger partial charge >= 0.3 is 0 Å². The van der Waals surface area contributed by atoms with Crippen molar-refractivity contribution in [2.75, 3.05) is 5.32 Å². The summed E-state index contributed by atoms with van der Waals surface area (Å²) in [5.41, 5.74) is 7.44. The van der Waals surface area contributed by atoms with Crippen molar-refractivity contribution < 1.29 is 9.59 Å². The third kappa shape index (κ3) is 4.71. The van der Waals surface area contributed by atoms with Gasteiger partial charge in [0.1, 0.15) is 5.82 Å². The molecule has 30 heavy (non-hydrogen) atoms. The molecule has 1 aliphatic rings. The lowest BCUT2D eigenvalue weighted by Gasteiger charge is -2.14. The molecule has 2 amide bonds. The number of carbonyl (C=O) groups excluding carboxylic acids is 2. The molecule has 4 rings (SSSR count). The molecule has 0 saturated heterocycles. The summed E-state index contributed by atoms with van der Waals surface area (Å²) < 4.78 is 2.13. The first-order valence-electron chi connectivity index (χ1n) is 9.85. The van der Waals surface area contributed by atoms with Gasteiger partial charge in [-0.15, -0.1) is 10.2 Å². The Hall–Kier alpha value is -3.13. The fourth-order valence-electron chi connectivity index (χ4n) is 3.12. The molecular formula is C22H23N5O2S. The van der Waals surface area contributed by atoms with Gasteiger partial charge in [0.25, 0.3) is 0 Å². The van der Waals surface area contributed by atoms with Crippen LogP contribution in [0.5, 0.6) is 0 Å². The number of carbonyl (C=O) groups is 2. The number of rotatable bonds is 8. The molecule has 3 aromatic rings. The van der Waals surface area contributed by atoms with Gasteiger partial charge in [-0.3, -0.25) is 9.59 Å². The van der Waals surface area contributed by atoms with Crippen molar-refractivity contribution >= 4 is 29.3 Å². The van der Waals surface area contributed by atoms with Crippen molar-refractivity contribution in [1.29, 1.82) is 0 Å². The molecule has 0 unspecified atom stereocenters. The van der Waals surface area contributed by atoms with Gasteiger partial charge in [0.15, 0.2) is 5.16 Å². The summed E-state index contributed by atoms with van der Waals surface area (Å²) in [5, 5.41) is 12.0. The first-order valence-corrected chi connectivity index (χ1v) is 10.7. The maximum Gasteiger partial charge on any atom is 0.248 e. The van der Waals surface area contributed by atoms with Crippen LogP contribution in [0.1, 0.15) is 47.4 Å². The number of nitrogens with two attached hydrogens (primary N) is 1. The Bertz CT molecular complexity index is 1050. The molecule has 1 aliphatic carbocycles. The Labute approximate surface area is 179 Å². The van der Waals surface area contributed by atoms with Crippen molar-refractivity contribution in [3.05, 3.63) is 71.5 Å². The first-order chi connectivity index (χ1) is 14.5. The second kappa shape index (κ2) is 8.71. The van der Waals surface area contributed by atoms with Gasteiger partial charge in [-0.25, -0.2) is 0 Å². The molecular weight excluding hydrogens is 398 g/mol. The van der Waals surface area contributed by atoms with E-state index in [-0.39, 0.29) is 11.2 Å². The number of nitrogens with one attached hydrogen (secondary N) is 1. The standard InChI is InChI=1S/C22H23N5O2S/c1-14(21(29)24-18-11-9-16(10-12-18)19(23)28)30-22-26-25-20(17-7-8-17)27(22)13-15-5-3-2-4-6-15/h2-6,9-12,14,17H,7-8,13H2,1H3,(H2,23,28)(H,24,29)/t14-/m0/s1. The predicted molar refractivity (Wildman–Crippen MR) is 116 cm³/mol. The second-order valence-corrected chi connectivity index (χ2v) is 8.69. The molecule has 3 N–H and O–H groups in total. The van der Waals surface area contributed by atoms with Crippen LogP contribution in [0.25, 0.3) is 0 Å². The summed E-state index contributed by atoms with van der Waals surface area (Å²) in [7, 11) is 0. The maximum absolute atomic E-state index is 12.7. The monoisotopic (exact) mass is 421 g/mol. The number of hydrogen-bond acceptors (Lipinski definition) is 5. The molecule has 0 bridgehead atoms. The van der Waals surface area contributed by atoms with E-state index in [1.807, 2.05) is 25.1 Å². The number of thioether (sulfide) groups is 1. The molecule has 1 heterocycles. The van der Waals surface area contributed by atoms with Crippen LogP contribution in [-0.4, -0.2) is 31.8 Å². The summed E-state index contributed by atoms with van der Waals surface area (Å²) in [4.78, 5) is 23.9. The number of primary amides is 1. The topological polar surface area (TPSA) is 103 Å². The van der Waals surface area contributed by atoms with E-state index in [2.05, 4.69) is 32.2 Å². The molecule has 0 spiro atoms. The van der Waals surface area contributed by atoms with E-state index in [1.165, 1.54) is 17.3 Å². The average Bonchev–Trinajstić information content (AvgIpc) is 3.52. The van der Waals surface area contributed by atoms with E-state index in [4.69, 9.17) is 5.73 Å². The summed E-state index contributed by atoms with van der Waals surface area (Å²) in [5.74, 6) is 0.814. The lowest BCUT2D eigenvalue weighted by molar-refractivity contribution is -0.115. The highest BCUT2D eigenvalue weighted by molar-refractivity contribution is 8.00. The average molecular weight is 422 g/mol. The van der Waals surface area contributed by atoms with E-state index in [0.29, 0.717) is 23.7 Å². The molecule has 0 radical (unpaired) electrons. The van der Waals surface area contributed by atoms with Gasteiger partial charge in [0, 0.05) is 17.2 Å². The van der Waals surface area contributed by atoms with E-state index in [0.717, 1.165) is 23.8 Å². The normalized spacial score (nSPS) is 14.3. The smallest absolute Gasteiger partial charge is 0.248 e. The molecule has 1 aromatic heterocycles. The van der Waals surface area contributed by atoms with Gasteiger partial charge < -0.3 is 15.6 Å². The van der Waals surface area contributed by atoms with Crippen LogP contribution < -0.4 is 11.1 Å². The van der Waals surface area contributed by atoms with Crippen molar-refractivity contribution in [2.45, 2.75) is 42.6 Å². The molecule has 7 nitrogen and oxygen atoms in total. The van der Waals surface area contributed by atoms with Crippen molar-refractivity contribution in [3.63, 3.8) is 0 Å². The zero-order valence-corrected chi connectivity index (χ0v) is 17.4. The number of nitrogens with zero attached hydrogens (tertiary/aromatic N) is 3. The fraction of sp³-hybridized carbons (Fsp3) is 0.273. The third-order valence-corrected chi connectivity index (χ3v) is 6.04. The van der Waals surface area contributed by atoms with Crippen LogP contribution >= 0.6 is 11.8 Å². The molecule has 1 saturated carbocycles. The van der Waals surface area contributed by atoms with E-state index in [1.54, 1.807) is 24.3 Å². The minimum absolute atomic E-state index is 0.144. The molecule has 1 atom stereocenters. The Balaban J connectivity index is 1.46. The number of amides is 2. The minimum Gasteiger partial charge on any atom is -0.366 e. The predicted octanol–water partition coefficient (Wildman–Crippen LogP) is 3.42. The summed E-state index contributed by atoms with van der Waals surface area (Å²) in [6.45, 7) is 2.53. The Morgan fingerprint density at radius 1 is 1.13 bits per heavy atom. The van der Waals surface area contributed by atoms with Crippen molar-refractivity contribution in [2.24, 2.45) is 5.73 Å². The molecule has 1 fully saturated rings. The van der Waals surface area contributed by atoms with Crippen molar-refractivity contribution in [3.8, 4) is 0 Å². The van der Waals surface area contributed by atoms with Crippen LogP contribution in [-0.2, 0) is 11.3 Å². The largest absolute Gasteiger partial charge is 0.366 e. The van der Waals surface area contributed by atoms with Crippen LogP contribution in [0, 0.1) is 0 Å². The van der Waals surface area contributed by atoms with E-state index < -0.39 is 5.91 Å². The Morgan fingerprint density at radius 2 is 1.83 bits per heavy atom. The lowest BCUT2D eigenvalue weighted by Crippen LogP contribution is -2.23. The summed E-state index contributed by atoms with van der Waals surface area (Å²) in [6, 6.07) is 16.7. The first kappa shape index (κ1) is 20.2. The van der Waals surface area contributed by atoms with Crippen LogP contribution in [0.3, 0.4) is 0 Å². The SMILES string of the molecule is C[C@H](Sc1nnc(C2CC2)n1Cc1ccccc1)C(=O)Nc1ccc(C(N)=O)cc1.